The number of nitrogens with one attached hydrogen (secondary N) is 10. The van der Waals surface area contributed by atoms with E-state index < -0.39 is 85.2 Å². The molecular weight excluding hydrogens is 1310 g/mol. The van der Waals surface area contributed by atoms with Gasteiger partial charge in [0.05, 0.1) is 27.8 Å². The summed E-state index contributed by atoms with van der Waals surface area (Å²) in [6.07, 6.45) is 6.31. The molecular formula is C56H58F8N12O14S3+2. The number of hydrogen-bond donors (Lipinski definition) is 12. The van der Waals surface area contributed by atoms with Gasteiger partial charge < -0.3 is 26.2 Å². The van der Waals surface area contributed by atoms with Crippen LogP contribution in [-0.4, -0.2) is 117 Å². The number of pyridine rings is 2. The van der Waals surface area contributed by atoms with Gasteiger partial charge in [0.1, 0.15) is 5.56 Å². The monoisotopic (exact) mass is 1370 g/mol. The van der Waals surface area contributed by atoms with Crippen molar-refractivity contribution in [3.63, 3.8) is 0 Å². The third kappa shape index (κ3) is 18.3. The number of aromatic nitrogens is 2. The van der Waals surface area contributed by atoms with Crippen LogP contribution in [-0.2, 0) is 73.3 Å². The Kier molecular flexibility index (Phi) is 23.5. The van der Waals surface area contributed by atoms with Crippen molar-refractivity contribution < 1.29 is 110 Å². The summed E-state index contributed by atoms with van der Waals surface area (Å²) in [5.74, 6) is -34.8. The molecule has 0 aliphatic rings. The quantitative estimate of drug-likeness (QED) is 0.0112. The van der Waals surface area contributed by atoms with E-state index in [0.29, 0.717) is 34.7 Å². The lowest BCUT2D eigenvalue weighted by molar-refractivity contribution is -0.684. The van der Waals surface area contributed by atoms with Crippen LogP contribution in [0.15, 0.2) is 132 Å². The Morgan fingerprint density at radius 3 is 1.38 bits per heavy atom. The summed E-state index contributed by atoms with van der Waals surface area (Å²) in [6.45, 7) is 6.55. The molecule has 0 unspecified atom stereocenters. The van der Waals surface area contributed by atoms with Crippen molar-refractivity contribution in [2.24, 2.45) is 0 Å². The first-order valence-electron chi connectivity index (χ1n) is 26.8. The van der Waals surface area contributed by atoms with Gasteiger partial charge in [0.2, 0.25) is 13.1 Å². The first kappa shape index (κ1) is 72.3. The summed E-state index contributed by atoms with van der Waals surface area (Å²) in [5.41, 5.74) is 11.4. The summed E-state index contributed by atoms with van der Waals surface area (Å²) in [4.78, 5) is 89.2. The average Bonchev–Trinajstić information content (AvgIpc) is 0.847. The van der Waals surface area contributed by atoms with Crippen LogP contribution in [0.3, 0.4) is 0 Å². The Bertz CT molecular complexity index is 4050. The maximum absolute atomic E-state index is 13.8. The van der Waals surface area contributed by atoms with Gasteiger partial charge in [-0.15, -0.1) is 0 Å². The zero-order chi connectivity index (χ0) is 68.9. The van der Waals surface area contributed by atoms with Gasteiger partial charge in [-0.2, -0.15) is 56.0 Å². The number of rotatable bonds is 32. The highest BCUT2D eigenvalue weighted by molar-refractivity contribution is 7.99. The van der Waals surface area contributed by atoms with Crippen molar-refractivity contribution >= 4 is 107 Å². The third-order valence-electron chi connectivity index (χ3n) is 13.1. The highest BCUT2D eigenvalue weighted by Gasteiger charge is 2.68. The SMILES string of the molecule is Cc1ccc(S(=O)(=O)Nc2ccc(NNC(=O)C(F)(F)C(F)(F)C(=O)O)cc2)c(C)c1NC(=O)C[n+]1cccc(CONCCSCCNC(=O)c2ccc[n+](CC(=O)Nc3c(C)ccc(S(=O)(=O)Nc4ccc(NNC(=O)C(F)(F)C(F)(F)C(=O)O)cc4)c3C)c2)c1. The second-order valence-electron chi connectivity index (χ2n) is 20.0. The number of aliphatic carboxylic acids is 2. The van der Waals surface area contributed by atoms with E-state index in [0.717, 1.165) is 48.5 Å². The molecule has 6 aromatic rings. The number of benzene rings is 4. The number of sulfonamides is 2. The lowest BCUT2D eigenvalue weighted by Crippen LogP contribution is -2.57. The molecule has 0 saturated heterocycles. The number of carboxylic acids is 2. The summed E-state index contributed by atoms with van der Waals surface area (Å²) < 4.78 is 170. The van der Waals surface area contributed by atoms with Crippen molar-refractivity contribution in [2.45, 2.75) is 80.9 Å². The zero-order valence-electron chi connectivity index (χ0n) is 48.9. The number of carboxylic acid groups (broad SMARTS) is 2. The molecule has 0 aliphatic heterocycles. The minimum atomic E-state index is -5.72. The van der Waals surface area contributed by atoms with Crippen LogP contribution in [0, 0.1) is 27.7 Å². The van der Waals surface area contributed by atoms with E-state index in [-0.39, 0.29) is 86.8 Å². The summed E-state index contributed by atoms with van der Waals surface area (Å²) in [7, 11) is -8.71. The van der Waals surface area contributed by atoms with Crippen LogP contribution >= 0.6 is 11.8 Å². The number of anilines is 6. The van der Waals surface area contributed by atoms with Crippen molar-refractivity contribution in [3.8, 4) is 0 Å². The Morgan fingerprint density at radius 2 is 0.935 bits per heavy atom. The molecule has 498 valence electrons. The number of hydrogen-bond acceptors (Lipinski definition) is 16. The standard InChI is InChI=1S/C56H56F8N12O14S3/c1-32-9-19-42(92(86,87)73-40-15-11-38(12-16-40)69-71-49(80)53(57,58)55(61,62)51(82)83)34(3)46(32)67-44(77)29-75-23-5-7-36(27-75)31-90-66-22-26-91-25-21-65-48(79)37-8-6-24-76(28-37)30-45(78)68-47-33(2)10-20-43(35(47)4)93(88,89)74-41-17-13-39(14-18-41)70-72-50(81)54(59,60)56(63,64)52(84)85/h5-20,23-24,27-28,66,69-70,73-74H,21-22,25-26,29-31H2,1-4H3,(H5-2,65,67,68,71,72,77,78,79,80,81,82,83,84,85)/p+2. The highest BCUT2D eigenvalue weighted by Crippen LogP contribution is 2.37. The van der Waals surface area contributed by atoms with E-state index in [9.17, 15) is 85.5 Å². The van der Waals surface area contributed by atoms with E-state index in [1.54, 1.807) is 61.3 Å². The Balaban J connectivity index is 0.890. The van der Waals surface area contributed by atoms with Crippen LogP contribution < -0.4 is 61.7 Å². The molecule has 0 bridgehead atoms. The maximum Gasteiger partial charge on any atom is 0.413 e. The fraction of sp³-hybridized carbons (Fsp3) is 0.268. The van der Waals surface area contributed by atoms with Crippen LogP contribution in [0.2, 0.25) is 0 Å². The molecule has 26 nitrogen and oxygen atoms in total. The smallest absolute Gasteiger partial charge is 0.413 e. The molecule has 37 heteroatoms. The van der Waals surface area contributed by atoms with Gasteiger partial charge in [0.25, 0.3) is 37.8 Å². The summed E-state index contributed by atoms with van der Waals surface area (Å²) >= 11 is 1.51. The van der Waals surface area contributed by atoms with Crippen molar-refractivity contribution in [3.05, 3.63) is 155 Å². The van der Waals surface area contributed by atoms with Crippen LogP contribution in [0.5, 0.6) is 0 Å². The largest absolute Gasteiger partial charge is 0.477 e. The molecule has 0 atom stereocenters. The average molecular weight is 1370 g/mol. The first-order valence-corrected chi connectivity index (χ1v) is 30.9. The number of thioether (sulfide) groups is 1. The normalized spacial score (nSPS) is 12.0. The number of amides is 5. The van der Waals surface area contributed by atoms with Crippen molar-refractivity contribution in [1.82, 2.24) is 21.6 Å². The van der Waals surface area contributed by atoms with Gasteiger partial charge in [0, 0.05) is 65.0 Å². The molecule has 2 heterocycles. The molecule has 0 saturated carbocycles. The Morgan fingerprint density at radius 1 is 0.527 bits per heavy atom. The minimum Gasteiger partial charge on any atom is -0.477 e. The van der Waals surface area contributed by atoms with Gasteiger partial charge in [-0.05, 0) is 123 Å². The molecule has 5 amide bonds. The summed E-state index contributed by atoms with van der Waals surface area (Å²) in [6, 6.07) is 21.0. The zero-order valence-corrected chi connectivity index (χ0v) is 51.4. The van der Waals surface area contributed by atoms with E-state index in [2.05, 4.69) is 30.9 Å². The lowest BCUT2D eigenvalue weighted by atomic mass is 10.1. The van der Waals surface area contributed by atoms with E-state index in [4.69, 9.17) is 15.1 Å². The fourth-order valence-corrected chi connectivity index (χ4v) is 11.5. The Labute approximate surface area is 528 Å². The molecule has 2 aromatic heterocycles. The van der Waals surface area contributed by atoms with Gasteiger partial charge in [-0.1, -0.05) is 12.1 Å². The number of hydrazine groups is 2. The number of nitrogens with zero attached hydrogens (tertiary/aromatic N) is 2. The fourth-order valence-electron chi connectivity index (χ4n) is 8.22. The predicted octanol–water partition coefficient (Wildman–Crippen LogP) is 5.16. The molecule has 0 radical (unpaired) electrons. The van der Waals surface area contributed by atoms with Crippen LogP contribution in [0.1, 0.15) is 38.2 Å². The van der Waals surface area contributed by atoms with Crippen LogP contribution in [0.4, 0.5) is 69.2 Å². The number of alkyl halides is 8. The van der Waals surface area contributed by atoms with Crippen molar-refractivity contribution in [1.29, 1.82) is 0 Å². The predicted molar refractivity (Wildman–Crippen MR) is 318 cm³/mol. The third-order valence-corrected chi connectivity index (χ3v) is 17.1. The molecule has 93 heavy (non-hydrogen) atoms. The Hall–Kier alpha value is -9.72. The lowest BCUT2D eigenvalue weighted by Gasteiger charge is -2.22. The topological polar surface area (TPSA) is 366 Å². The highest BCUT2D eigenvalue weighted by atomic mass is 32.2. The molecule has 0 spiro atoms. The molecule has 12 N–H and O–H groups in total. The summed E-state index contributed by atoms with van der Waals surface area (Å²) in [5, 5.41) is 25.0. The molecule has 0 fully saturated rings. The second-order valence-corrected chi connectivity index (χ2v) is 24.5. The number of hydroxylamine groups is 1. The number of halogens is 8. The van der Waals surface area contributed by atoms with Gasteiger partial charge in [-0.25, -0.2) is 31.9 Å². The molecule has 6 rings (SSSR count). The first-order chi connectivity index (χ1) is 43.5. The number of carbonyl (C=O) groups is 7. The van der Waals surface area contributed by atoms with Crippen molar-refractivity contribution in [2.75, 3.05) is 55.5 Å². The molecule has 4 aromatic carbocycles. The van der Waals surface area contributed by atoms with E-state index in [1.807, 2.05) is 10.9 Å². The number of aryl methyl sites for hydroxylation is 2. The number of carbonyl (C=O) groups excluding carboxylic acids is 5. The maximum atomic E-state index is 13.8. The second kappa shape index (κ2) is 30.1. The minimum absolute atomic E-state index is 0.0557. The van der Waals surface area contributed by atoms with E-state index in [1.165, 1.54) is 71.5 Å². The molecule has 0 aliphatic carbocycles. The van der Waals surface area contributed by atoms with E-state index >= 15 is 0 Å². The van der Waals surface area contributed by atoms with Gasteiger partial charge in [0.15, 0.2) is 24.8 Å². The van der Waals surface area contributed by atoms with Gasteiger partial charge in [-0.3, -0.25) is 60.0 Å². The van der Waals surface area contributed by atoms with Crippen LogP contribution in [0.25, 0.3) is 0 Å². The van der Waals surface area contributed by atoms with Gasteiger partial charge >= 0.3 is 47.4 Å².